The topological polar surface area (TPSA) is 0 Å². The van der Waals surface area contributed by atoms with E-state index >= 15 is 0 Å². The molecule has 1 aromatic carbocycles. The Morgan fingerprint density at radius 1 is 1.15 bits per heavy atom. The van der Waals surface area contributed by atoms with Crippen LogP contribution in [-0.2, 0) is 6.42 Å². The fourth-order valence-electron chi connectivity index (χ4n) is 0.913. The molecule has 70 valence electrons. The van der Waals surface area contributed by atoms with Crippen LogP contribution in [0.5, 0.6) is 0 Å². The van der Waals surface area contributed by atoms with E-state index in [-0.39, 0.29) is 0 Å². The predicted molar refractivity (Wildman–Crippen MR) is 60.8 cm³/mol. The maximum absolute atomic E-state index is 3.68. The molecule has 13 heavy (non-hydrogen) atoms. The molecule has 0 heteroatoms. The van der Waals surface area contributed by atoms with Gasteiger partial charge in [0.15, 0.2) is 0 Å². The third-order valence-corrected chi connectivity index (χ3v) is 1.48. The molecule has 1 aromatic rings. The van der Waals surface area contributed by atoms with Gasteiger partial charge in [-0.25, -0.2) is 0 Å². The summed E-state index contributed by atoms with van der Waals surface area (Å²) in [5.41, 5.74) is 1.39. The maximum Gasteiger partial charge on any atom is -0.0244 e. The van der Waals surface area contributed by atoms with Crippen molar-refractivity contribution in [3.63, 3.8) is 0 Å². The van der Waals surface area contributed by atoms with E-state index in [1.165, 1.54) is 5.56 Å². The van der Waals surface area contributed by atoms with Crippen LogP contribution in [0.2, 0.25) is 0 Å². The largest absolute Gasteiger partial charge is 0.103 e. The first-order valence-electron chi connectivity index (χ1n) is 4.57. The first kappa shape index (κ1) is 11.7. The van der Waals surface area contributed by atoms with Crippen LogP contribution in [0.15, 0.2) is 55.6 Å². The second-order valence-electron chi connectivity index (χ2n) is 2.72. The second-order valence-corrected chi connectivity index (χ2v) is 2.72. The Morgan fingerprint density at radius 2 is 1.69 bits per heavy atom. The van der Waals surface area contributed by atoms with E-state index in [2.05, 4.69) is 37.4 Å². The smallest absolute Gasteiger partial charge is 0.0244 e. The third-order valence-electron chi connectivity index (χ3n) is 1.48. The summed E-state index contributed by atoms with van der Waals surface area (Å²) in [5, 5.41) is 0. The highest BCUT2D eigenvalue weighted by Gasteiger charge is 1.85. The van der Waals surface area contributed by atoms with Gasteiger partial charge in [0, 0.05) is 0 Å². The van der Waals surface area contributed by atoms with Gasteiger partial charge >= 0.3 is 0 Å². The number of allylic oxidation sites excluding steroid dienone is 2. The van der Waals surface area contributed by atoms with Gasteiger partial charge < -0.3 is 0 Å². The van der Waals surface area contributed by atoms with Gasteiger partial charge in [0.1, 0.15) is 0 Å². The molecule has 0 fully saturated rings. The van der Waals surface area contributed by atoms with Crippen LogP contribution < -0.4 is 0 Å². The Morgan fingerprint density at radius 3 is 2.15 bits per heavy atom. The fraction of sp³-hybridized carbons (Fsp3) is 0.231. The summed E-state index contributed by atoms with van der Waals surface area (Å²) in [5.74, 6) is 0. The van der Waals surface area contributed by atoms with Crippen molar-refractivity contribution in [2.24, 2.45) is 0 Å². The quantitative estimate of drug-likeness (QED) is 0.608. The lowest BCUT2D eigenvalue weighted by Crippen LogP contribution is -1.79. The van der Waals surface area contributed by atoms with Crippen LogP contribution in [0.3, 0.4) is 0 Å². The molecule has 0 atom stereocenters. The number of hydrogen-bond acceptors (Lipinski definition) is 0. The molecule has 0 amide bonds. The van der Waals surface area contributed by atoms with Crippen LogP contribution in [0.25, 0.3) is 0 Å². The molecule has 0 aromatic heterocycles. The summed E-state index contributed by atoms with van der Waals surface area (Å²) in [7, 11) is 0. The van der Waals surface area contributed by atoms with Crippen molar-refractivity contribution in [2.45, 2.75) is 19.8 Å². The van der Waals surface area contributed by atoms with Gasteiger partial charge in [-0.05, 0) is 25.3 Å². The summed E-state index contributed by atoms with van der Waals surface area (Å²) < 4.78 is 0. The summed E-state index contributed by atoms with van der Waals surface area (Å²) in [6, 6.07) is 10.5. The molecule has 0 heterocycles. The van der Waals surface area contributed by atoms with E-state index in [4.69, 9.17) is 0 Å². The first-order valence-corrected chi connectivity index (χ1v) is 4.57. The molecule has 1 rings (SSSR count). The van der Waals surface area contributed by atoms with E-state index in [1.807, 2.05) is 19.1 Å². The number of aryl methyl sites for hydroxylation is 1. The highest BCUT2D eigenvalue weighted by atomic mass is 13.9. The summed E-state index contributed by atoms with van der Waals surface area (Å²) >= 11 is 0. The molecule has 0 nitrogen and oxygen atoms in total. The lowest BCUT2D eigenvalue weighted by molar-refractivity contribution is 1.00. The van der Waals surface area contributed by atoms with Crippen molar-refractivity contribution in [1.29, 1.82) is 0 Å². The minimum absolute atomic E-state index is 1.07. The van der Waals surface area contributed by atoms with Crippen molar-refractivity contribution >= 4 is 0 Å². The minimum atomic E-state index is 1.07. The molecule has 0 radical (unpaired) electrons. The van der Waals surface area contributed by atoms with Crippen molar-refractivity contribution < 1.29 is 0 Å². The Hall–Kier alpha value is -1.30. The van der Waals surface area contributed by atoms with E-state index in [0.717, 1.165) is 12.8 Å². The molecular formula is C13H18. The zero-order chi connectivity index (χ0) is 9.94. The molecular weight excluding hydrogens is 156 g/mol. The van der Waals surface area contributed by atoms with Gasteiger partial charge in [0.05, 0.1) is 0 Å². The molecule has 0 unspecified atom stereocenters. The summed E-state index contributed by atoms with van der Waals surface area (Å²) in [4.78, 5) is 0. The standard InChI is InChI=1S/C10H12.C3H6/c1-2-3-7-10-8-5-4-6-9-10;1-3-2/h2,4-6,8-9H,1,3,7H2;3H,1H2,2H3. The normalized spacial score (nSPS) is 8.08. The monoisotopic (exact) mass is 174 g/mol. The average Bonchev–Trinajstić information content (AvgIpc) is 2.18. The van der Waals surface area contributed by atoms with Gasteiger partial charge in [0.2, 0.25) is 0 Å². The average molecular weight is 174 g/mol. The highest BCUT2D eigenvalue weighted by molar-refractivity contribution is 5.14. The van der Waals surface area contributed by atoms with Crippen LogP contribution in [0.4, 0.5) is 0 Å². The molecule has 0 saturated carbocycles. The zero-order valence-corrected chi connectivity index (χ0v) is 8.37. The Kier molecular flexibility index (Phi) is 7.91. The van der Waals surface area contributed by atoms with E-state index in [0.29, 0.717) is 0 Å². The zero-order valence-electron chi connectivity index (χ0n) is 8.37. The SMILES string of the molecule is C=CC.C=CCCc1ccccc1. The molecule has 0 aliphatic heterocycles. The lowest BCUT2D eigenvalue weighted by atomic mass is 10.1. The van der Waals surface area contributed by atoms with E-state index < -0.39 is 0 Å². The Bertz CT molecular complexity index is 221. The highest BCUT2D eigenvalue weighted by Crippen LogP contribution is 2.01. The molecule has 0 saturated heterocycles. The number of hydrogen-bond donors (Lipinski definition) is 0. The molecule has 0 aliphatic carbocycles. The summed E-state index contributed by atoms with van der Waals surface area (Å²) in [6.07, 6.45) is 5.89. The summed E-state index contributed by atoms with van der Waals surface area (Å²) in [6.45, 7) is 8.93. The van der Waals surface area contributed by atoms with Crippen LogP contribution in [0, 0.1) is 0 Å². The van der Waals surface area contributed by atoms with Gasteiger partial charge in [-0.1, -0.05) is 42.5 Å². The number of benzene rings is 1. The maximum atomic E-state index is 3.68. The third kappa shape index (κ3) is 7.07. The first-order chi connectivity index (χ1) is 6.35. The van der Waals surface area contributed by atoms with Gasteiger partial charge in [0.25, 0.3) is 0 Å². The van der Waals surface area contributed by atoms with Gasteiger partial charge in [-0.3, -0.25) is 0 Å². The van der Waals surface area contributed by atoms with Crippen LogP contribution >= 0.6 is 0 Å². The molecule has 0 N–H and O–H groups in total. The van der Waals surface area contributed by atoms with Gasteiger partial charge in [-0.15, -0.1) is 13.2 Å². The Balaban J connectivity index is 0.000000424. The van der Waals surface area contributed by atoms with Crippen molar-refractivity contribution in [1.82, 2.24) is 0 Å². The van der Waals surface area contributed by atoms with Crippen molar-refractivity contribution in [3.8, 4) is 0 Å². The van der Waals surface area contributed by atoms with Gasteiger partial charge in [-0.2, -0.15) is 0 Å². The molecule has 0 spiro atoms. The van der Waals surface area contributed by atoms with E-state index in [9.17, 15) is 0 Å². The van der Waals surface area contributed by atoms with Crippen molar-refractivity contribution in [2.75, 3.05) is 0 Å². The number of rotatable bonds is 3. The molecule has 0 bridgehead atoms. The molecule has 0 aliphatic rings. The predicted octanol–water partition coefficient (Wildman–Crippen LogP) is 4.00. The van der Waals surface area contributed by atoms with E-state index in [1.54, 1.807) is 6.08 Å². The Labute approximate surface area is 81.6 Å². The fourth-order valence-corrected chi connectivity index (χ4v) is 0.913. The van der Waals surface area contributed by atoms with Crippen LogP contribution in [-0.4, -0.2) is 0 Å². The lowest BCUT2D eigenvalue weighted by Gasteiger charge is -1.94. The second kappa shape index (κ2) is 8.79. The van der Waals surface area contributed by atoms with Crippen molar-refractivity contribution in [3.05, 3.63) is 61.2 Å². The minimum Gasteiger partial charge on any atom is -0.103 e. The van der Waals surface area contributed by atoms with Crippen LogP contribution in [0.1, 0.15) is 18.9 Å².